The lowest BCUT2D eigenvalue weighted by atomic mass is 10.0. The SMILES string of the molecule is c1ccc(C2CCC(c3ccccc3)P2c2ccccc2)cc1. The molecule has 2 unspecified atom stereocenters. The molecule has 0 N–H and O–H groups in total. The highest BCUT2D eigenvalue weighted by molar-refractivity contribution is 7.66. The van der Waals surface area contributed by atoms with Crippen molar-refractivity contribution in [1.29, 1.82) is 0 Å². The molecule has 1 saturated heterocycles. The summed E-state index contributed by atoms with van der Waals surface area (Å²) in [6.45, 7) is 0. The van der Waals surface area contributed by atoms with Gasteiger partial charge in [-0.2, -0.15) is 0 Å². The zero-order chi connectivity index (χ0) is 15.5. The van der Waals surface area contributed by atoms with Crippen LogP contribution in [0.2, 0.25) is 0 Å². The molecule has 1 heteroatoms. The Morgan fingerprint density at radius 2 is 0.913 bits per heavy atom. The first-order valence-corrected chi connectivity index (χ1v) is 9.85. The van der Waals surface area contributed by atoms with Gasteiger partial charge in [-0.05, 0) is 29.3 Å². The molecule has 0 saturated carbocycles. The molecule has 0 amide bonds. The maximum Gasteiger partial charge on any atom is 0.00877 e. The summed E-state index contributed by atoms with van der Waals surface area (Å²) >= 11 is 0. The summed E-state index contributed by atoms with van der Waals surface area (Å²) in [5, 5.41) is 1.54. The van der Waals surface area contributed by atoms with Crippen molar-refractivity contribution in [3.8, 4) is 0 Å². The van der Waals surface area contributed by atoms with Crippen molar-refractivity contribution in [3.05, 3.63) is 102 Å². The molecule has 0 spiro atoms. The molecule has 1 fully saturated rings. The van der Waals surface area contributed by atoms with Crippen LogP contribution in [0.4, 0.5) is 0 Å². The summed E-state index contributed by atoms with van der Waals surface area (Å²) in [5.41, 5.74) is 4.39. The van der Waals surface area contributed by atoms with Crippen molar-refractivity contribution >= 4 is 13.2 Å². The predicted octanol–water partition coefficient (Wildman–Crippen LogP) is 6.07. The van der Waals surface area contributed by atoms with Crippen molar-refractivity contribution < 1.29 is 0 Å². The number of rotatable bonds is 3. The lowest BCUT2D eigenvalue weighted by molar-refractivity contribution is 0.765. The third-order valence-electron chi connectivity index (χ3n) is 4.81. The zero-order valence-electron chi connectivity index (χ0n) is 13.2. The Bertz CT molecular complexity index is 689. The quantitative estimate of drug-likeness (QED) is 0.514. The molecule has 2 atom stereocenters. The first-order valence-electron chi connectivity index (χ1n) is 8.37. The van der Waals surface area contributed by atoms with Gasteiger partial charge in [0.2, 0.25) is 0 Å². The molecule has 0 aliphatic carbocycles. The Labute approximate surface area is 139 Å². The maximum atomic E-state index is 2.34. The minimum absolute atomic E-state index is 0.220. The average molecular weight is 316 g/mol. The molecular formula is C22H21P. The maximum absolute atomic E-state index is 2.34. The van der Waals surface area contributed by atoms with Gasteiger partial charge in [0.05, 0.1) is 0 Å². The molecular weight excluding hydrogens is 295 g/mol. The van der Waals surface area contributed by atoms with Gasteiger partial charge in [0, 0.05) is 11.3 Å². The van der Waals surface area contributed by atoms with Gasteiger partial charge in [0.1, 0.15) is 0 Å². The summed E-state index contributed by atoms with van der Waals surface area (Å²) in [5.74, 6) is 0. The van der Waals surface area contributed by atoms with Crippen molar-refractivity contribution in [2.45, 2.75) is 24.2 Å². The fourth-order valence-electron chi connectivity index (χ4n) is 3.78. The van der Waals surface area contributed by atoms with Crippen LogP contribution in [0.25, 0.3) is 0 Å². The summed E-state index contributed by atoms with van der Waals surface area (Å²) in [6, 6.07) is 33.4. The largest absolute Gasteiger partial charge is 0.0622 e. The number of hydrogen-bond acceptors (Lipinski definition) is 0. The van der Waals surface area contributed by atoms with E-state index in [1.807, 2.05) is 0 Å². The molecule has 23 heavy (non-hydrogen) atoms. The minimum Gasteiger partial charge on any atom is -0.0622 e. The van der Waals surface area contributed by atoms with E-state index in [1.165, 1.54) is 24.0 Å². The highest BCUT2D eigenvalue weighted by atomic mass is 31.1. The van der Waals surface area contributed by atoms with E-state index in [2.05, 4.69) is 91.0 Å². The lowest BCUT2D eigenvalue weighted by Gasteiger charge is -2.27. The summed E-state index contributed by atoms with van der Waals surface area (Å²) in [7, 11) is -0.220. The second-order valence-corrected chi connectivity index (χ2v) is 8.75. The zero-order valence-corrected chi connectivity index (χ0v) is 14.1. The molecule has 0 radical (unpaired) electrons. The van der Waals surface area contributed by atoms with Crippen molar-refractivity contribution in [3.63, 3.8) is 0 Å². The van der Waals surface area contributed by atoms with E-state index in [1.54, 1.807) is 5.30 Å². The average Bonchev–Trinajstić information content (AvgIpc) is 3.09. The van der Waals surface area contributed by atoms with E-state index in [4.69, 9.17) is 0 Å². The summed E-state index contributed by atoms with van der Waals surface area (Å²) in [4.78, 5) is 0. The fraction of sp³-hybridized carbons (Fsp3) is 0.182. The van der Waals surface area contributed by atoms with E-state index in [9.17, 15) is 0 Å². The van der Waals surface area contributed by atoms with Gasteiger partial charge < -0.3 is 0 Å². The van der Waals surface area contributed by atoms with Gasteiger partial charge in [-0.25, -0.2) is 0 Å². The van der Waals surface area contributed by atoms with Crippen LogP contribution in [0.15, 0.2) is 91.0 Å². The molecule has 1 aliphatic rings. The third-order valence-corrected chi connectivity index (χ3v) is 8.16. The van der Waals surface area contributed by atoms with Crippen LogP contribution in [0.5, 0.6) is 0 Å². The van der Waals surface area contributed by atoms with Crippen LogP contribution < -0.4 is 5.30 Å². The van der Waals surface area contributed by atoms with Crippen LogP contribution in [0, 0.1) is 0 Å². The van der Waals surface area contributed by atoms with Gasteiger partial charge in [0.15, 0.2) is 0 Å². The number of benzene rings is 3. The second-order valence-electron chi connectivity index (χ2n) is 6.17. The predicted molar refractivity (Wildman–Crippen MR) is 101 cm³/mol. The Kier molecular flexibility index (Phi) is 4.26. The van der Waals surface area contributed by atoms with E-state index in [-0.39, 0.29) is 7.92 Å². The van der Waals surface area contributed by atoms with Gasteiger partial charge in [-0.15, -0.1) is 0 Å². The van der Waals surface area contributed by atoms with Gasteiger partial charge in [0.25, 0.3) is 0 Å². The molecule has 4 rings (SSSR count). The Balaban J connectivity index is 1.77. The normalized spacial score (nSPS) is 23.7. The fourth-order valence-corrected chi connectivity index (χ4v) is 7.29. The Morgan fingerprint density at radius 1 is 0.522 bits per heavy atom. The monoisotopic (exact) mass is 316 g/mol. The standard InChI is InChI=1S/C22H21P/c1-4-10-18(11-5-1)21-16-17-22(19-12-6-2-7-13-19)23(21)20-14-8-3-9-15-20/h1-15,21-22H,16-17H2. The molecule has 3 aromatic rings. The minimum atomic E-state index is -0.220. The lowest BCUT2D eigenvalue weighted by Crippen LogP contribution is -2.07. The molecule has 0 nitrogen and oxygen atoms in total. The Hall–Kier alpha value is -1.91. The molecule has 3 aromatic carbocycles. The van der Waals surface area contributed by atoms with E-state index < -0.39 is 0 Å². The van der Waals surface area contributed by atoms with E-state index in [0.717, 1.165) is 0 Å². The molecule has 1 aliphatic heterocycles. The van der Waals surface area contributed by atoms with Crippen LogP contribution >= 0.6 is 7.92 Å². The number of hydrogen-bond donors (Lipinski definition) is 0. The van der Waals surface area contributed by atoms with Crippen LogP contribution in [-0.4, -0.2) is 0 Å². The second kappa shape index (κ2) is 6.69. The van der Waals surface area contributed by atoms with Crippen molar-refractivity contribution in [2.75, 3.05) is 0 Å². The topological polar surface area (TPSA) is 0 Å². The summed E-state index contributed by atoms with van der Waals surface area (Å²) < 4.78 is 0. The molecule has 114 valence electrons. The van der Waals surface area contributed by atoms with E-state index >= 15 is 0 Å². The molecule has 0 bridgehead atoms. The first kappa shape index (κ1) is 14.7. The van der Waals surface area contributed by atoms with Crippen molar-refractivity contribution in [1.82, 2.24) is 0 Å². The highest BCUT2D eigenvalue weighted by Gasteiger charge is 2.38. The highest BCUT2D eigenvalue weighted by Crippen LogP contribution is 2.69. The molecule has 0 aromatic heterocycles. The van der Waals surface area contributed by atoms with Gasteiger partial charge in [-0.1, -0.05) is 98.9 Å². The van der Waals surface area contributed by atoms with Crippen LogP contribution in [-0.2, 0) is 0 Å². The van der Waals surface area contributed by atoms with Crippen LogP contribution in [0.1, 0.15) is 35.3 Å². The van der Waals surface area contributed by atoms with Gasteiger partial charge >= 0.3 is 0 Å². The van der Waals surface area contributed by atoms with Crippen LogP contribution in [0.3, 0.4) is 0 Å². The van der Waals surface area contributed by atoms with E-state index in [0.29, 0.717) is 11.3 Å². The van der Waals surface area contributed by atoms with Gasteiger partial charge in [-0.3, -0.25) is 0 Å². The third kappa shape index (κ3) is 2.96. The van der Waals surface area contributed by atoms with Crippen molar-refractivity contribution in [2.24, 2.45) is 0 Å². The summed E-state index contributed by atoms with van der Waals surface area (Å²) in [6.07, 6.45) is 2.59. The molecule has 1 heterocycles. The smallest absolute Gasteiger partial charge is 0.00877 e. The Morgan fingerprint density at radius 3 is 1.35 bits per heavy atom. The first-order chi connectivity index (χ1) is 11.4.